The number of hydrogen-bond acceptors (Lipinski definition) is 3. The van der Waals surface area contributed by atoms with Crippen LogP contribution in [0, 0.1) is 5.82 Å². The third-order valence-corrected chi connectivity index (χ3v) is 5.25. The standard InChI is InChI=1S/C14H20FNOS/c1-9(16)14(11-4-3-5-12(15)8-11)18-13-6-7-17-10(13)2/h3-5,8-10,13-14H,6-7,16H2,1-2H3. The van der Waals surface area contributed by atoms with Crippen molar-refractivity contribution >= 4 is 11.8 Å². The number of halogens is 1. The van der Waals surface area contributed by atoms with E-state index in [2.05, 4.69) is 6.92 Å². The fourth-order valence-corrected chi connectivity index (χ4v) is 3.73. The summed E-state index contributed by atoms with van der Waals surface area (Å²) in [5.74, 6) is -0.200. The SMILES string of the molecule is CC(N)C(SC1CCOC1C)c1cccc(F)c1. The van der Waals surface area contributed by atoms with Crippen LogP contribution in [0.4, 0.5) is 4.39 Å². The molecule has 1 fully saturated rings. The van der Waals surface area contributed by atoms with Crippen molar-refractivity contribution in [2.45, 2.75) is 42.9 Å². The first kappa shape index (κ1) is 13.8. The Morgan fingerprint density at radius 3 is 2.83 bits per heavy atom. The van der Waals surface area contributed by atoms with Crippen molar-refractivity contribution in [3.63, 3.8) is 0 Å². The summed E-state index contributed by atoms with van der Waals surface area (Å²) in [6, 6.07) is 6.74. The summed E-state index contributed by atoms with van der Waals surface area (Å²) >= 11 is 1.81. The van der Waals surface area contributed by atoms with E-state index >= 15 is 0 Å². The largest absolute Gasteiger partial charge is 0.377 e. The molecule has 1 aliphatic rings. The van der Waals surface area contributed by atoms with Gasteiger partial charge in [0.1, 0.15) is 5.82 Å². The lowest BCUT2D eigenvalue weighted by molar-refractivity contribution is 0.127. The molecule has 1 heterocycles. The molecular formula is C14H20FNOS. The molecule has 0 aromatic heterocycles. The Morgan fingerprint density at radius 2 is 2.28 bits per heavy atom. The average molecular weight is 269 g/mol. The van der Waals surface area contributed by atoms with Gasteiger partial charge in [-0.1, -0.05) is 12.1 Å². The van der Waals surface area contributed by atoms with Gasteiger partial charge in [-0.2, -0.15) is 0 Å². The van der Waals surface area contributed by atoms with E-state index in [0.717, 1.165) is 18.6 Å². The summed E-state index contributed by atoms with van der Waals surface area (Å²) in [4.78, 5) is 0. The van der Waals surface area contributed by atoms with Crippen LogP contribution in [0.25, 0.3) is 0 Å². The minimum Gasteiger partial charge on any atom is -0.377 e. The molecule has 1 saturated heterocycles. The van der Waals surface area contributed by atoms with Gasteiger partial charge in [0.25, 0.3) is 0 Å². The third kappa shape index (κ3) is 3.25. The molecule has 1 aromatic rings. The van der Waals surface area contributed by atoms with Crippen LogP contribution in [-0.2, 0) is 4.74 Å². The number of thioether (sulfide) groups is 1. The van der Waals surface area contributed by atoms with Crippen molar-refractivity contribution in [2.24, 2.45) is 5.73 Å². The second-order valence-electron chi connectivity index (χ2n) is 4.87. The van der Waals surface area contributed by atoms with E-state index in [-0.39, 0.29) is 23.2 Å². The molecule has 0 radical (unpaired) electrons. The normalized spacial score (nSPS) is 27.1. The first-order valence-corrected chi connectivity index (χ1v) is 7.30. The number of benzene rings is 1. The van der Waals surface area contributed by atoms with E-state index in [1.807, 2.05) is 24.8 Å². The summed E-state index contributed by atoms with van der Waals surface area (Å²) < 4.78 is 18.9. The Morgan fingerprint density at radius 1 is 1.50 bits per heavy atom. The Bertz CT molecular complexity index is 399. The van der Waals surface area contributed by atoms with Crippen LogP contribution in [0.2, 0.25) is 0 Å². The predicted molar refractivity (Wildman–Crippen MR) is 74.2 cm³/mol. The zero-order valence-electron chi connectivity index (χ0n) is 10.8. The molecule has 2 nitrogen and oxygen atoms in total. The molecule has 0 aliphatic carbocycles. The Labute approximate surface area is 112 Å². The third-order valence-electron chi connectivity index (χ3n) is 3.28. The van der Waals surface area contributed by atoms with Gasteiger partial charge in [-0.25, -0.2) is 4.39 Å². The van der Waals surface area contributed by atoms with Crippen molar-refractivity contribution in [2.75, 3.05) is 6.61 Å². The molecule has 0 bridgehead atoms. The number of ether oxygens (including phenoxy) is 1. The maximum atomic E-state index is 13.3. The molecule has 1 aromatic carbocycles. The van der Waals surface area contributed by atoms with Crippen LogP contribution in [0.3, 0.4) is 0 Å². The topological polar surface area (TPSA) is 35.2 Å². The average Bonchev–Trinajstić information content (AvgIpc) is 2.71. The van der Waals surface area contributed by atoms with E-state index in [1.165, 1.54) is 6.07 Å². The van der Waals surface area contributed by atoms with Gasteiger partial charge < -0.3 is 10.5 Å². The molecule has 4 atom stereocenters. The molecule has 100 valence electrons. The van der Waals surface area contributed by atoms with Crippen LogP contribution in [0.5, 0.6) is 0 Å². The molecule has 2 rings (SSSR count). The van der Waals surface area contributed by atoms with Gasteiger partial charge in [0.05, 0.1) is 6.10 Å². The van der Waals surface area contributed by atoms with Gasteiger partial charge in [-0.3, -0.25) is 0 Å². The quantitative estimate of drug-likeness (QED) is 0.912. The Balaban J connectivity index is 2.13. The lowest BCUT2D eigenvalue weighted by Crippen LogP contribution is -2.26. The highest BCUT2D eigenvalue weighted by Gasteiger charge is 2.29. The lowest BCUT2D eigenvalue weighted by atomic mass is 10.1. The first-order chi connectivity index (χ1) is 8.58. The Kier molecular flexibility index (Phi) is 4.65. The van der Waals surface area contributed by atoms with Crippen molar-refractivity contribution < 1.29 is 9.13 Å². The molecule has 1 aliphatic heterocycles. The van der Waals surface area contributed by atoms with E-state index in [1.54, 1.807) is 12.1 Å². The highest BCUT2D eigenvalue weighted by atomic mass is 32.2. The Hall–Kier alpha value is -0.580. The molecule has 4 heteroatoms. The first-order valence-electron chi connectivity index (χ1n) is 6.36. The van der Waals surface area contributed by atoms with Gasteiger partial charge in [0.2, 0.25) is 0 Å². The maximum absolute atomic E-state index is 13.3. The minimum atomic E-state index is -0.200. The van der Waals surface area contributed by atoms with E-state index in [0.29, 0.717) is 5.25 Å². The summed E-state index contributed by atoms with van der Waals surface area (Å²) in [6.07, 6.45) is 1.30. The number of hydrogen-bond donors (Lipinski definition) is 1. The van der Waals surface area contributed by atoms with Crippen molar-refractivity contribution in [1.29, 1.82) is 0 Å². The minimum absolute atomic E-state index is 0.00963. The molecule has 0 saturated carbocycles. The van der Waals surface area contributed by atoms with Gasteiger partial charge in [0.15, 0.2) is 0 Å². The molecule has 4 unspecified atom stereocenters. The molecule has 0 spiro atoms. The predicted octanol–water partition coefficient (Wildman–Crippen LogP) is 3.12. The molecule has 18 heavy (non-hydrogen) atoms. The van der Waals surface area contributed by atoms with Gasteiger partial charge in [-0.05, 0) is 38.0 Å². The fourth-order valence-electron chi connectivity index (χ4n) is 2.27. The molecular weight excluding hydrogens is 249 g/mol. The van der Waals surface area contributed by atoms with Crippen LogP contribution < -0.4 is 5.73 Å². The summed E-state index contributed by atoms with van der Waals surface area (Å²) in [7, 11) is 0. The summed E-state index contributed by atoms with van der Waals surface area (Å²) in [6.45, 7) is 4.88. The lowest BCUT2D eigenvalue weighted by Gasteiger charge is -2.25. The summed E-state index contributed by atoms with van der Waals surface area (Å²) in [5.41, 5.74) is 7.02. The zero-order valence-corrected chi connectivity index (χ0v) is 11.6. The highest BCUT2D eigenvalue weighted by molar-refractivity contribution is 8.00. The molecule has 0 amide bonds. The highest BCUT2D eigenvalue weighted by Crippen LogP contribution is 2.39. The second-order valence-corrected chi connectivity index (χ2v) is 6.26. The molecule has 2 N–H and O–H groups in total. The fraction of sp³-hybridized carbons (Fsp3) is 0.571. The van der Waals surface area contributed by atoms with Crippen LogP contribution >= 0.6 is 11.8 Å². The number of rotatable bonds is 4. The van der Waals surface area contributed by atoms with Gasteiger partial charge in [-0.15, -0.1) is 11.8 Å². The van der Waals surface area contributed by atoms with Crippen molar-refractivity contribution in [3.8, 4) is 0 Å². The zero-order chi connectivity index (χ0) is 13.1. The van der Waals surface area contributed by atoms with Crippen molar-refractivity contribution in [3.05, 3.63) is 35.6 Å². The van der Waals surface area contributed by atoms with Crippen LogP contribution in [0.1, 0.15) is 31.1 Å². The van der Waals surface area contributed by atoms with Crippen LogP contribution in [0.15, 0.2) is 24.3 Å². The maximum Gasteiger partial charge on any atom is 0.123 e. The van der Waals surface area contributed by atoms with Crippen molar-refractivity contribution in [1.82, 2.24) is 0 Å². The van der Waals surface area contributed by atoms with Gasteiger partial charge >= 0.3 is 0 Å². The van der Waals surface area contributed by atoms with E-state index in [9.17, 15) is 4.39 Å². The second kappa shape index (κ2) is 6.04. The smallest absolute Gasteiger partial charge is 0.123 e. The van der Waals surface area contributed by atoms with E-state index < -0.39 is 0 Å². The van der Waals surface area contributed by atoms with Gasteiger partial charge in [0, 0.05) is 23.1 Å². The van der Waals surface area contributed by atoms with Crippen LogP contribution in [-0.4, -0.2) is 24.0 Å². The number of nitrogens with two attached hydrogens (primary N) is 1. The monoisotopic (exact) mass is 269 g/mol. The summed E-state index contributed by atoms with van der Waals surface area (Å²) in [5, 5.41) is 0.569. The van der Waals surface area contributed by atoms with E-state index in [4.69, 9.17) is 10.5 Å².